The van der Waals surface area contributed by atoms with Gasteiger partial charge in [-0.2, -0.15) is 0 Å². The summed E-state index contributed by atoms with van der Waals surface area (Å²) in [5, 5.41) is 0. The Morgan fingerprint density at radius 3 is 3.00 bits per heavy atom. The lowest BCUT2D eigenvalue weighted by Gasteiger charge is -2.23. The van der Waals surface area contributed by atoms with Gasteiger partial charge in [-0.15, -0.1) is 0 Å². The molecule has 0 aromatic carbocycles. The molecule has 2 nitrogen and oxygen atoms in total. The molecule has 13 heavy (non-hydrogen) atoms. The second-order valence-corrected chi connectivity index (χ2v) is 3.64. The predicted octanol–water partition coefficient (Wildman–Crippen LogP) is 2.69. The number of cyclic esters (lactones) is 1. The Hall–Kier alpha value is -0.790. The average Bonchev–Trinajstić information content (AvgIpc) is 2.13. The van der Waals surface area contributed by atoms with Gasteiger partial charge in [0, 0.05) is 5.57 Å². The third-order valence-corrected chi connectivity index (χ3v) is 2.61. The van der Waals surface area contributed by atoms with Crippen molar-refractivity contribution in [3.05, 3.63) is 12.2 Å². The molecule has 0 spiro atoms. The first-order valence-electron chi connectivity index (χ1n) is 5.11. The van der Waals surface area contributed by atoms with Gasteiger partial charge in [-0.3, -0.25) is 0 Å². The summed E-state index contributed by atoms with van der Waals surface area (Å²) in [4.78, 5) is 11.1. The summed E-state index contributed by atoms with van der Waals surface area (Å²) in [5.41, 5.74) is 0.683. The zero-order valence-electron chi connectivity index (χ0n) is 8.34. The lowest BCUT2D eigenvalue weighted by atomic mass is 9.90. The van der Waals surface area contributed by atoms with E-state index in [0.717, 1.165) is 12.8 Å². The van der Waals surface area contributed by atoms with Crippen LogP contribution in [0.2, 0.25) is 0 Å². The van der Waals surface area contributed by atoms with Gasteiger partial charge in [0.15, 0.2) is 0 Å². The van der Waals surface area contributed by atoms with E-state index in [1.807, 2.05) is 0 Å². The van der Waals surface area contributed by atoms with E-state index in [0.29, 0.717) is 18.1 Å². The van der Waals surface area contributed by atoms with Gasteiger partial charge in [0.25, 0.3) is 0 Å². The summed E-state index contributed by atoms with van der Waals surface area (Å²) in [6.45, 7) is 6.54. The number of carbonyl (C=O) groups excluding carboxylic acids is 1. The van der Waals surface area contributed by atoms with E-state index in [2.05, 4.69) is 13.5 Å². The number of carbonyl (C=O) groups is 1. The summed E-state index contributed by atoms with van der Waals surface area (Å²) in [6, 6.07) is 0. The molecule has 0 amide bonds. The van der Waals surface area contributed by atoms with Crippen LogP contribution < -0.4 is 0 Å². The molecule has 0 aliphatic carbocycles. The summed E-state index contributed by atoms with van der Waals surface area (Å²) in [5.74, 6) is 0.195. The van der Waals surface area contributed by atoms with Crippen molar-refractivity contribution in [1.82, 2.24) is 0 Å². The third kappa shape index (κ3) is 2.87. The van der Waals surface area contributed by atoms with Crippen molar-refractivity contribution in [1.29, 1.82) is 0 Å². The fourth-order valence-electron chi connectivity index (χ4n) is 1.69. The first-order valence-corrected chi connectivity index (χ1v) is 5.11. The minimum atomic E-state index is -0.187. The molecule has 1 saturated heterocycles. The normalized spacial score (nSPS) is 23.0. The Morgan fingerprint density at radius 2 is 2.31 bits per heavy atom. The lowest BCUT2D eigenvalue weighted by molar-refractivity contribution is -0.142. The van der Waals surface area contributed by atoms with Crippen molar-refractivity contribution in [2.75, 3.05) is 6.61 Å². The monoisotopic (exact) mass is 182 g/mol. The Bertz CT molecular complexity index is 196. The molecule has 0 N–H and O–H groups in total. The van der Waals surface area contributed by atoms with Crippen molar-refractivity contribution in [2.24, 2.45) is 5.92 Å². The summed E-state index contributed by atoms with van der Waals surface area (Å²) < 4.78 is 4.89. The highest BCUT2D eigenvalue weighted by Crippen LogP contribution is 2.25. The lowest BCUT2D eigenvalue weighted by Crippen LogP contribution is -2.23. The Balaban J connectivity index is 2.31. The quantitative estimate of drug-likeness (QED) is 0.379. The number of hydrogen-bond acceptors (Lipinski definition) is 2. The zero-order chi connectivity index (χ0) is 9.68. The smallest absolute Gasteiger partial charge is 0.333 e. The molecule has 1 aliphatic rings. The summed E-state index contributed by atoms with van der Waals surface area (Å²) >= 11 is 0. The fourth-order valence-corrected chi connectivity index (χ4v) is 1.69. The Morgan fingerprint density at radius 1 is 1.54 bits per heavy atom. The van der Waals surface area contributed by atoms with Crippen LogP contribution in [0.15, 0.2) is 12.2 Å². The van der Waals surface area contributed by atoms with Crippen LogP contribution in [0.3, 0.4) is 0 Å². The summed E-state index contributed by atoms with van der Waals surface area (Å²) in [7, 11) is 0. The standard InChI is InChI=1S/C11H18O2/c1-3-4-5-6-10-7-8-13-11(12)9(10)2/h10H,2-8H2,1H3. The molecular formula is C11H18O2. The van der Waals surface area contributed by atoms with E-state index in [4.69, 9.17) is 4.74 Å². The Labute approximate surface area is 80.0 Å². The second kappa shape index (κ2) is 5.05. The van der Waals surface area contributed by atoms with E-state index >= 15 is 0 Å². The number of hydrogen-bond donors (Lipinski definition) is 0. The third-order valence-electron chi connectivity index (χ3n) is 2.61. The van der Waals surface area contributed by atoms with Crippen molar-refractivity contribution in [2.45, 2.75) is 39.0 Å². The van der Waals surface area contributed by atoms with Crippen LogP contribution in [0.4, 0.5) is 0 Å². The molecule has 0 bridgehead atoms. The van der Waals surface area contributed by atoms with Gasteiger partial charge >= 0.3 is 5.97 Å². The molecule has 0 saturated carbocycles. The second-order valence-electron chi connectivity index (χ2n) is 3.64. The van der Waals surface area contributed by atoms with Crippen LogP contribution >= 0.6 is 0 Å². The number of rotatable bonds is 4. The van der Waals surface area contributed by atoms with E-state index in [1.165, 1.54) is 19.3 Å². The van der Waals surface area contributed by atoms with Crippen LogP contribution in [0.25, 0.3) is 0 Å². The van der Waals surface area contributed by atoms with E-state index < -0.39 is 0 Å². The predicted molar refractivity (Wildman–Crippen MR) is 52.3 cm³/mol. The van der Waals surface area contributed by atoms with Crippen LogP contribution in [0, 0.1) is 5.92 Å². The maximum atomic E-state index is 11.1. The van der Waals surface area contributed by atoms with Gasteiger partial charge in [0.05, 0.1) is 6.61 Å². The zero-order valence-corrected chi connectivity index (χ0v) is 8.34. The number of esters is 1. The van der Waals surface area contributed by atoms with E-state index in [9.17, 15) is 4.79 Å². The first-order chi connectivity index (χ1) is 6.25. The van der Waals surface area contributed by atoms with Crippen molar-refractivity contribution >= 4 is 5.97 Å². The molecule has 1 atom stereocenters. The highest BCUT2D eigenvalue weighted by Gasteiger charge is 2.24. The maximum absolute atomic E-state index is 11.1. The van der Waals surface area contributed by atoms with Gasteiger partial charge in [-0.25, -0.2) is 4.79 Å². The molecule has 2 heteroatoms. The van der Waals surface area contributed by atoms with Crippen molar-refractivity contribution < 1.29 is 9.53 Å². The number of unbranched alkanes of at least 4 members (excludes halogenated alkanes) is 2. The average molecular weight is 182 g/mol. The van der Waals surface area contributed by atoms with Gasteiger partial charge in [0.2, 0.25) is 0 Å². The molecular weight excluding hydrogens is 164 g/mol. The molecule has 1 rings (SSSR count). The highest BCUT2D eigenvalue weighted by atomic mass is 16.5. The van der Waals surface area contributed by atoms with E-state index in [1.54, 1.807) is 0 Å². The van der Waals surface area contributed by atoms with Crippen LogP contribution in [0.1, 0.15) is 39.0 Å². The Kier molecular flexibility index (Phi) is 4.00. The summed E-state index contributed by atoms with van der Waals surface area (Å²) in [6.07, 6.45) is 5.74. The fraction of sp³-hybridized carbons (Fsp3) is 0.727. The minimum Gasteiger partial charge on any atom is -0.462 e. The topological polar surface area (TPSA) is 26.3 Å². The van der Waals surface area contributed by atoms with Crippen LogP contribution in [0.5, 0.6) is 0 Å². The van der Waals surface area contributed by atoms with E-state index in [-0.39, 0.29) is 5.97 Å². The SMILES string of the molecule is C=C1C(=O)OCCC1CCCCC. The largest absolute Gasteiger partial charge is 0.462 e. The van der Waals surface area contributed by atoms with Crippen molar-refractivity contribution in [3.63, 3.8) is 0 Å². The van der Waals surface area contributed by atoms with Gasteiger partial charge < -0.3 is 4.74 Å². The molecule has 74 valence electrons. The number of ether oxygens (including phenoxy) is 1. The van der Waals surface area contributed by atoms with Gasteiger partial charge in [-0.05, 0) is 18.8 Å². The minimum absolute atomic E-state index is 0.187. The maximum Gasteiger partial charge on any atom is 0.333 e. The highest BCUT2D eigenvalue weighted by molar-refractivity contribution is 5.88. The van der Waals surface area contributed by atoms with Gasteiger partial charge in [-0.1, -0.05) is 32.8 Å². The molecule has 1 heterocycles. The van der Waals surface area contributed by atoms with Crippen LogP contribution in [-0.2, 0) is 9.53 Å². The molecule has 0 radical (unpaired) electrons. The van der Waals surface area contributed by atoms with Crippen LogP contribution in [-0.4, -0.2) is 12.6 Å². The van der Waals surface area contributed by atoms with Crippen molar-refractivity contribution in [3.8, 4) is 0 Å². The first kappa shape index (κ1) is 10.3. The molecule has 0 aromatic heterocycles. The van der Waals surface area contributed by atoms with Gasteiger partial charge in [0.1, 0.15) is 0 Å². The molecule has 1 fully saturated rings. The molecule has 1 unspecified atom stereocenters. The molecule has 1 aliphatic heterocycles. The molecule has 0 aromatic rings.